The van der Waals surface area contributed by atoms with Gasteiger partial charge in [0, 0.05) is 6.04 Å². The van der Waals surface area contributed by atoms with Crippen LogP contribution < -0.4 is 5.32 Å². The van der Waals surface area contributed by atoms with E-state index in [1.54, 1.807) is 6.92 Å². The number of carbonyl (C=O) groups is 1. The molecule has 0 spiro atoms. The Morgan fingerprint density at radius 1 is 0.721 bits per heavy atom. The number of aliphatic hydroxyl groups is 2. The van der Waals surface area contributed by atoms with Crippen LogP contribution in [0.5, 0.6) is 0 Å². The number of aliphatic hydroxyl groups excluding tert-OH is 2. The number of nitrogens with one attached hydrogen (secondary N) is 1. The van der Waals surface area contributed by atoms with Crippen molar-refractivity contribution in [3.8, 4) is 0 Å². The van der Waals surface area contributed by atoms with Gasteiger partial charge in [-0.2, -0.15) is 0 Å². The van der Waals surface area contributed by atoms with Crippen molar-refractivity contribution in [3.05, 3.63) is 108 Å². The van der Waals surface area contributed by atoms with Crippen molar-refractivity contribution in [1.82, 2.24) is 5.32 Å². The maximum absolute atomic E-state index is 12.9. The molecular weight excluding hydrogens is 546 g/mol. The van der Waals surface area contributed by atoms with Crippen LogP contribution in [0.3, 0.4) is 0 Å². The summed E-state index contributed by atoms with van der Waals surface area (Å²) in [6.07, 6.45) is -1.99. The quantitative estimate of drug-likeness (QED) is 0.119. The first kappa shape index (κ1) is 34.4. The third-order valence-corrected chi connectivity index (χ3v) is 7.10. The maximum atomic E-state index is 12.9. The first-order valence-corrected chi connectivity index (χ1v) is 15.2. The normalized spacial score (nSPS) is 14.9. The molecule has 0 aliphatic rings. The Balaban J connectivity index is 2.02. The Bertz CT molecular complexity index is 1130. The van der Waals surface area contributed by atoms with E-state index in [4.69, 9.17) is 18.9 Å². The Labute approximate surface area is 256 Å². The molecule has 0 saturated heterocycles. The molecule has 8 nitrogen and oxygen atoms in total. The van der Waals surface area contributed by atoms with E-state index in [1.165, 1.54) is 0 Å². The molecule has 43 heavy (non-hydrogen) atoms. The first-order chi connectivity index (χ1) is 21.0. The first-order valence-electron chi connectivity index (χ1n) is 15.2. The van der Waals surface area contributed by atoms with Crippen LogP contribution in [0.2, 0.25) is 0 Å². The number of esters is 1. The summed E-state index contributed by atoms with van der Waals surface area (Å²) >= 11 is 0. The Hall–Kier alpha value is -3.11. The lowest BCUT2D eigenvalue weighted by molar-refractivity contribution is -0.191. The molecule has 0 amide bonds. The van der Waals surface area contributed by atoms with Gasteiger partial charge in [-0.25, -0.2) is 0 Å². The molecule has 0 aliphatic carbocycles. The minimum atomic E-state index is -1.27. The molecule has 0 radical (unpaired) electrons. The van der Waals surface area contributed by atoms with Crippen LogP contribution in [-0.4, -0.2) is 66.4 Å². The van der Waals surface area contributed by atoms with E-state index in [0.29, 0.717) is 6.54 Å². The molecule has 0 aromatic heterocycles. The van der Waals surface area contributed by atoms with Crippen molar-refractivity contribution in [2.75, 3.05) is 19.8 Å². The predicted octanol–water partition coefficient (Wildman–Crippen LogP) is 4.81. The summed E-state index contributed by atoms with van der Waals surface area (Å²) < 4.78 is 24.9. The summed E-state index contributed by atoms with van der Waals surface area (Å²) in [5, 5.41) is 24.8. The molecule has 5 atom stereocenters. The molecular formula is C35H47NO7. The van der Waals surface area contributed by atoms with Crippen LogP contribution in [0.1, 0.15) is 49.8 Å². The molecule has 0 heterocycles. The van der Waals surface area contributed by atoms with E-state index in [-0.39, 0.29) is 38.8 Å². The van der Waals surface area contributed by atoms with Crippen molar-refractivity contribution < 1.29 is 34.0 Å². The predicted molar refractivity (Wildman–Crippen MR) is 166 cm³/mol. The third-order valence-electron chi connectivity index (χ3n) is 7.10. The van der Waals surface area contributed by atoms with E-state index < -0.39 is 37.1 Å². The van der Waals surface area contributed by atoms with Crippen molar-refractivity contribution in [2.24, 2.45) is 0 Å². The van der Waals surface area contributed by atoms with Crippen LogP contribution >= 0.6 is 0 Å². The summed E-state index contributed by atoms with van der Waals surface area (Å²) in [5.74, 6) is -0.365. The number of benzene rings is 3. The Kier molecular flexibility index (Phi) is 16.0. The molecule has 0 unspecified atom stereocenters. The molecule has 0 aliphatic heterocycles. The van der Waals surface area contributed by atoms with Gasteiger partial charge in [-0.05, 0) is 36.6 Å². The molecule has 8 heteroatoms. The highest BCUT2D eigenvalue weighted by Crippen LogP contribution is 2.24. The van der Waals surface area contributed by atoms with Gasteiger partial charge in [0.05, 0.1) is 39.5 Å². The van der Waals surface area contributed by atoms with Gasteiger partial charge in [-0.1, -0.05) is 104 Å². The summed E-state index contributed by atoms with van der Waals surface area (Å²) in [4.78, 5) is 12.9. The number of rotatable bonds is 21. The smallest absolute Gasteiger partial charge is 0.307 e. The van der Waals surface area contributed by atoms with Crippen LogP contribution in [0.15, 0.2) is 91.0 Å². The van der Waals surface area contributed by atoms with Gasteiger partial charge < -0.3 is 34.5 Å². The number of carbonyl (C=O) groups excluding carboxylic acids is 1. The van der Waals surface area contributed by atoms with Crippen molar-refractivity contribution >= 4 is 5.97 Å². The summed E-state index contributed by atoms with van der Waals surface area (Å²) in [7, 11) is 0. The van der Waals surface area contributed by atoms with Crippen molar-refractivity contribution in [3.63, 3.8) is 0 Å². The minimum absolute atomic E-state index is 0.0306. The zero-order valence-electron chi connectivity index (χ0n) is 25.3. The fraction of sp³-hybridized carbons (Fsp3) is 0.457. The molecule has 3 aromatic carbocycles. The van der Waals surface area contributed by atoms with Gasteiger partial charge >= 0.3 is 5.97 Å². The second-order valence-electron chi connectivity index (χ2n) is 10.5. The Morgan fingerprint density at radius 3 is 1.63 bits per heavy atom. The summed E-state index contributed by atoms with van der Waals surface area (Å²) in [6, 6.07) is 28.5. The highest BCUT2D eigenvalue weighted by molar-refractivity contribution is 5.70. The second-order valence-corrected chi connectivity index (χ2v) is 10.5. The average molecular weight is 594 g/mol. The van der Waals surface area contributed by atoms with E-state index >= 15 is 0 Å². The second kappa shape index (κ2) is 20.0. The molecule has 234 valence electrons. The fourth-order valence-corrected chi connectivity index (χ4v) is 4.81. The molecule has 3 N–H and O–H groups in total. The molecule has 3 rings (SSSR count). The van der Waals surface area contributed by atoms with E-state index in [2.05, 4.69) is 12.2 Å². The molecule has 0 saturated carbocycles. The molecule has 0 bridgehead atoms. The minimum Gasteiger partial charge on any atom is -0.466 e. The molecule has 3 aromatic rings. The lowest BCUT2D eigenvalue weighted by atomic mass is 9.94. The average Bonchev–Trinajstić information content (AvgIpc) is 3.04. The van der Waals surface area contributed by atoms with Gasteiger partial charge in [0.15, 0.2) is 0 Å². The monoisotopic (exact) mass is 593 g/mol. The van der Waals surface area contributed by atoms with Gasteiger partial charge in [-0.15, -0.1) is 0 Å². The number of unbranched alkanes of at least 4 members (excludes halogenated alkanes) is 1. The van der Waals surface area contributed by atoms with Crippen LogP contribution in [0.4, 0.5) is 0 Å². The van der Waals surface area contributed by atoms with Crippen molar-refractivity contribution in [2.45, 2.75) is 83.4 Å². The van der Waals surface area contributed by atoms with Crippen LogP contribution in [0, 0.1) is 0 Å². The third kappa shape index (κ3) is 12.2. The van der Waals surface area contributed by atoms with Crippen LogP contribution in [0.25, 0.3) is 0 Å². The number of ether oxygens (including phenoxy) is 4. The summed E-state index contributed by atoms with van der Waals surface area (Å²) in [6.45, 7) is 4.88. The Morgan fingerprint density at radius 2 is 1.19 bits per heavy atom. The van der Waals surface area contributed by atoms with Gasteiger partial charge in [0.1, 0.15) is 24.4 Å². The summed E-state index contributed by atoms with van der Waals surface area (Å²) in [5.41, 5.74) is 2.78. The lowest BCUT2D eigenvalue weighted by Crippen LogP contribution is -2.57. The van der Waals surface area contributed by atoms with E-state index in [9.17, 15) is 15.0 Å². The lowest BCUT2D eigenvalue weighted by Gasteiger charge is -2.39. The highest BCUT2D eigenvalue weighted by atomic mass is 16.6. The van der Waals surface area contributed by atoms with Gasteiger partial charge in [0.2, 0.25) is 0 Å². The number of hydrogen-bond acceptors (Lipinski definition) is 8. The van der Waals surface area contributed by atoms with Crippen LogP contribution in [-0.2, 0) is 43.6 Å². The SMILES string of the molecule is CCCCN[C@@H](CC(=O)OCC)[C@H](OCc1ccccc1)[C@@H](OCc1ccccc1)[C@H](OCc1ccccc1)[C@H](O)CO. The maximum Gasteiger partial charge on any atom is 0.307 e. The zero-order chi connectivity index (χ0) is 30.7. The van der Waals surface area contributed by atoms with E-state index in [1.807, 2.05) is 91.0 Å². The van der Waals surface area contributed by atoms with Gasteiger partial charge in [-0.3, -0.25) is 4.79 Å². The standard InChI is InChI=1S/C35H47NO7/c1-3-5-21-36-30(22-32(39)40-4-2)33(41-24-27-15-9-6-10-16-27)35(43-26-29-19-13-8-14-20-29)34(31(38)23-37)42-25-28-17-11-7-12-18-28/h6-20,30-31,33-38H,3-5,21-26H2,1-2H3/t30-,31+,33-,34+,35+/m0/s1. The van der Waals surface area contributed by atoms with Gasteiger partial charge in [0.25, 0.3) is 0 Å². The topological polar surface area (TPSA) is 106 Å². The largest absolute Gasteiger partial charge is 0.466 e. The zero-order valence-corrected chi connectivity index (χ0v) is 25.3. The van der Waals surface area contributed by atoms with Crippen molar-refractivity contribution in [1.29, 1.82) is 0 Å². The highest BCUT2D eigenvalue weighted by Gasteiger charge is 2.41. The number of hydrogen-bond donors (Lipinski definition) is 3. The van der Waals surface area contributed by atoms with E-state index in [0.717, 1.165) is 29.5 Å². The molecule has 0 fully saturated rings. The fourth-order valence-electron chi connectivity index (χ4n) is 4.81.